The number of aromatic nitrogens is 2. The van der Waals surface area contributed by atoms with Gasteiger partial charge in [-0.15, -0.1) is 0 Å². The molecule has 1 aromatic carbocycles. The van der Waals surface area contributed by atoms with E-state index in [0.29, 0.717) is 18.5 Å². The highest BCUT2D eigenvalue weighted by atomic mass is 19.2. The number of hydrogen-bond donors (Lipinski definition) is 0. The lowest BCUT2D eigenvalue weighted by Crippen LogP contribution is -2.35. The van der Waals surface area contributed by atoms with Gasteiger partial charge in [-0.05, 0) is 43.0 Å². The van der Waals surface area contributed by atoms with Gasteiger partial charge in [0.15, 0.2) is 11.6 Å². The average Bonchev–Trinajstić information content (AvgIpc) is 3.37. The van der Waals surface area contributed by atoms with Gasteiger partial charge in [0.25, 0.3) is 0 Å². The minimum atomic E-state index is -0.794. The first-order valence-electron chi connectivity index (χ1n) is 8.82. The third kappa shape index (κ3) is 3.63. The molecule has 1 saturated carbocycles. The molecule has 2 fully saturated rings. The van der Waals surface area contributed by atoms with Gasteiger partial charge in [-0.3, -0.25) is 4.90 Å². The summed E-state index contributed by atoms with van der Waals surface area (Å²) in [6, 6.07) is 6.47. The van der Waals surface area contributed by atoms with Gasteiger partial charge in [-0.1, -0.05) is 6.07 Å². The number of hydrogen-bond acceptors (Lipinski definition) is 4. The van der Waals surface area contributed by atoms with Crippen LogP contribution in [0.3, 0.4) is 0 Å². The summed E-state index contributed by atoms with van der Waals surface area (Å²) in [5, 5.41) is 0. The van der Waals surface area contributed by atoms with Crippen molar-refractivity contribution in [2.24, 2.45) is 0 Å². The monoisotopic (exact) mass is 344 g/mol. The van der Waals surface area contributed by atoms with Gasteiger partial charge in [-0.25, -0.2) is 18.7 Å². The predicted molar refractivity (Wildman–Crippen MR) is 92.5 cm³/mol. The summed E-state index contributed by atoms with van der Waals surface area (Å²) in [6.07, 6.45) is 5.26. The first kappa shape index (κ1) is 16.4. The van der Waals surface area contributed by atoms with Crippen LogP contribution in [0.25, 0.3) is 0 Å². The summed E-state index contributed by atoms with van der Waals surface area (Å²) in [6.45, 7) is 2.46. The highest BCUT2D eigenvalue weighted by molar-refractivity contribution is 5.39. The normalized spacial score (nSPS) is 20.8. The third-order valence-corrected chi connectivity index (χ3v) is 5.15. The number of nitrogens with zero attached hydrogens (tertiary/aromatic N) is 4. The van der Waals surface area contributed by atoms with Crippen molar-refractivity contribution in [1.29, 1.82) is 0 Å². The zero-order chi connectivity index (χ0) is 17.4. The Morgan fingerprint density at radius 3 is 2.76 bits per heavy atom. The Bertz CT molecular complexity index is 763. The fourth-order valence-corrected chi connectivity index (χ4v) is 3.45. The number of halogens is 2. The van der Waals surface area contributed by atoms with E-state index in [-0.39, 0.29) is 0 Å². The lowest BCUT2D eigenvalue weighted by atomic mass is 10.2. The molecule has 0 spiro atoms. The Hall–Kier alpha value is -2.08. The number of rotatable bonds is 5. The molecule has 2 aromatic rings. The van der Waals surface area contributed by atoms with Crippen LogP contribution in [-0.2, 0) is 6.54 Å². The summed E-state index contributed by atoms with van der Waals surface area (Å²) in [5.41, 5.74) is 0.806. The summed E-state index contributed by atoms with van der Waals surface area (Å²) >= 11 is 0. The second kappa shape index (κ2) is 6.67. The highest BCUT2D eigenvalue weighted by Crippen LogP contribution is 2.38. The quantitative estimate of drug-likeness (QED) is 0.833. The maximum absolute atomic E-state index is 13.4. The lowest BCUT2D eigenvalue weighted by Gasteiger charge is -2.26. The van der Waals surface area contributed by atoms with Crippen LogP contribution in [0.4, 0.5) is 14.6 Å². The van der Waals surface area contributed by atoms with Crippen molar-refractivity contribution in [2.75, 3.05) is 25.0 Å². The Balaban J connectivity index is 1.39. The molecule has 0 amide bonds. The van der Waals surface area contributed by atoms with Gasteiger partial charge in [0.05, 0.1) is 0 Å². The molecule has 0 radical (unpaired) electrons. The van der Waals surface area contributed by atoms with E-state index in [0.717, 1.165) is 36.7 Å². The van der Waals surface area contributed by atoms with E-state index in [1.165, 1.54) is 25.0 Å². The Morgan fingerprint density at radius 2 is 2.00 bits per heavy atom. The average molecular weight is 344 g/mol. The number of likely N-dealkylation sites (tertiary alicyclic amines) is 1. The molecule has 1 aliphatic heterocycles. The van der Waals surface area contributed by atoms with E-state index >= 15 is 0 Å². The van der Waals surface area contributed by atoms with E-state index in [1.807, 2.05) is 12.3 Å². The van der Waals surface area contributed by atoms with Crippen molar-refractivity contribution < 1.29 is 8.78 Å². The van der Waals surface area contributed by atoms with E-state index in [1.54, 1.807) is 6.07 Å². The van der Waals surface area contributed by atoms with Crippen LogP contribution in [0.5, 0.6) is 0 Å². The van der Waals surface area contributed by atoms with E-state index < -0.39 is 11.6 Å². The second-order valence-electron chi connectivity index (χ2n) is 7.08. The van der Waals surface area contributed by atoms with Crippen LogP contribution in [0, 0.1) is 11.6 Å². The van der Waals surface area contributed by atoms with Crippen molar-refractivity contribution in [1.82, 2.24) is 14.9 Å². The van der Waals surface area contributed by atoms with Crippen molar-refractivity contribution in [3.8, 4) is 0 Å². The first-order chi connectivity index (χ1) is 12.1. The van der Waals surface area contributed by atoms with Crippen LogP contribution in [0.2, 0.25) is 0 Å². The zero-order valence-corrected chi connectivity index (χ0v) is 14.3. The van der Waals surface area contributed by atoms with Gasteiger partial charge in [0, 0.05) is 44.8 Å². The number of likely N-dealkylation sites (N-methyl/N-ethyl adjacent to an activating group) is 1. The Labute approximate surface area is 146 Å². The molecule has 1 unspecified atom stereocenters. The van der Waals surface area contributed by atoms with Crippen LogP contribution in [0.1, 0.15) is 36.6 Å². The molecule has 0 bridgehead atoms. The molecule has 1 aromatic heterocycles. The minimum absolute atomic E-state index is 0.368. The van der Waals surface area contributed by atoms with Gasteiger partial charge >= 0.3 is 0 Å². The first-order valence-corrected chi connectivity index (χ1v) is 8.82. The van der Waals surface area contributed by atoms with Gasteiger partial charge in [-0.2, -0.15) is 0 Å². The summed E-state index contributed by atoms with van der Waals surface area (Å²) in [4.78, 5) is 13.6. The van der Waals surface area contributed by atoms with Crippen LogP contribution in [0.15, 0.2) is 30.5 Å². The van der Waals surface area contributed by atoms with Gasteiger partial charge in [0.1, 0.15) is 11.6 Å². The maximum Gasteiger partial charge on any atom is 0.159 e. The Morgan fingerprint density at radius 1 is 1.16 bits per heavy atom. The number of anilines is 1. The second-order valence-corrected chi connectivity index (χ2v) is 7.08. The fraction of sp³-hybridized carbons (Fsp3) is 0.474. The molecule has 0 N–H and O–H groups in total. The summed E-state index contributed by atoms with van der Waals surface area (Å²) in [5.74, 6) is 0.899. The van der Waals surface area contributed by atoms with Crippen LogP contribution < -0.4 is 4.90 Å². The molecular formula is C19H22F2N4. The topological polar surface area (TPSA) is 32.3 Å². The van der Waals surface area contributed by atoms with Gasteiger partial charge < -0.3 is 4.90 Å². The molecular weight excluding hydrogens is 322 g/mol. The molecule has 1 saturated heterocycles. The van der Waals surface area contributed by atoms with E-state index in [2.05, 4.69) is 21.8 Å². The lowest BCUT2D eigenvalue weighted by molar-refractivity contribution is 0.324. The Kier molecular flexibility index (Phi) is 4.37. The molecule has 6 heteroatoms. The minimum Gasteiger partial charge on any atom is -0.355 e. The van der Waals surface area contributed by atoms with Crippen molar-refractivity contribution >= 4 is 5.82 Å². The van der Waals surface area contributed by atoms with E-state index in [4.69, 9.17) is 4.98 Å². The largest absolute Gasteiger partial charge is 0.355 e. The molecule has 2 aliphatic rings. The van der Waals surface area contributed by atoms with Crippen molar-refractivity contribution in [3.05, 3.63) is 53.5 Å². The van der Waals surface area contributed by atoms with Crippen LogP contribution in [-0.4, -0.2) is 41.0 Å². The smallest absolute Gasteiger partial charge is 0.159 e. The maximum atomic E-state index is 13.4. The molecule has 132 valence electrons. The number of benzene rings is 1. The fourth-order valence-electron chi connectivity index (χ4n) is 3.45. The highest BCUT2D eigenvalue weighted by Gasteiger charge is 2.29. The molecule has 4 nitrogen and oxygen atoms in total. The van der Waals surface area contributed by atoms with Crippen molar-refractivity contribution in [3.63, 3.8) is 0 Å². The molecule has 1 atom stereocenters. The van der Waals surface area contributed by atoms with Gasteiger partial charge in [0.2, 0.25) is 0 Å². The molecule has 25 heavy (non-hydrogen) atoms. The van der Waals surface area contributed by atoms with Crippen molar-refractivity contribution in [2.45, 2.75) is 37.8 Å². The molecule has 4 rings (SSSR count). The summed E-state index contributed by atoms with van der Waals surface area (Å²) < 4.78 is 26.4. The third-order valence-electron chi connectivity index (χ3n) is 5.15. The molecule has 2 heterocycles. The predicted octanol–water partition coefficient (Wildman–Crippen LogP) is 3.34. The van der Waals surface area contributed by atoms with E-state index in [9.17, 15) is 8.78 Å². The SMILES string of the molecule is CN(c1ccnc(C2CC2)n1)C1CCN(Cc2ccc(F)c(F)c2)C1. The summed E-state index contributed by atoms with van der Waals surface area (Å²) in [7, 11) is 2.07. The van der Waals surface area contributed by atoms with Crippen LogP contribution >= 0.6 is 0 Å². The zero-order valence-electron chi connectivity index (χ0n) is 14.3. The standard InChI is InChI=1S/C19H22F2N4/c1-24(18-6-8-22-19(23-18)14-3-4-14)15-7-9-25(12-15)11-13-2-5-16(20)17(21)10-13/h2,5-6,8,10,14-15H,3-4,7,9,11-12H2,1H3. The molecule has 1 aliphatic carbocycles.